The lowest BCUT2D eigenvalue weighted by atomic mass is 9.87. The number of aromatic nitrogens is 3. The standard InChI is InChI=1S/C22H24N4O2/c1-15-24-12-16(13-25-15)14-26-9-6-18-10-20(27-2)21(28-3)11-19(18)22(26)17-4-7-23-8-5-17/h4-5,7-8,10-13,22H,6,9,14H2,1-3H3. The number of methoxy groups -OCH3 is 2. The van der Waals surface area contributed by atoms with E-state index in [-0.39, 0.29) is 6.04 Å². The highest BCUT2D eigenvalue weighted by Gasteiger charge is 2.30. The van der Waals surface area contributed by atoms with Crippen molar-refractivity contribution in [3.63, 3.8) is 0 Å². The number of rotatable bonds is 5. The summed E-state index contributed by atoms with van der Waals surface area (Å²) in [6, 6.07) is 8.48. The predicted molar refractivity (Wildman–Crippen MR) is 107 cm³/mol. The van der Waals surface area contributed by atoms with E-state index in [1.807, 2.05) is 31.7 Å². The molecule has 0 saturated heterocycles. The van der Waals surface area contributed by atoms with Crippen LogP contribution in [-0.2, 0) is 13.0 Å². The lowest BCUT2D eigenvalue weighted by Crippen LogP contribution is -2.35. The Hall–Kier alpha value is -2.99. The summed E-state index contributed by atoms with van der Waals surface area (Å²) in [5, 5.41) is 0. The number of hydrogen-bond acceptors (Lipinski definition) is 6. The molecule has 28 heavy (non-hydrogen) atoms. The van der Waals surface area contributed by atoms with Crippen molar-refractivity contribution in [3.8, 4) is 11.5 Å². The number of nitrogens with zero attached hydrogens (tertiary/aromatic N) is 4. The second-order valence-corrected chi connectivity index (χ2v) is 6.95. The fraction of sp³-hybridized carbons (Fsp3) is 0.318. The third-order valence-electron chi connectivity index (χ3n) is 5.22. The number of ether oxygens (including phenoxy) is 2. The monoisotopic (exact) mass is 376 g/mol. The summed E-state index contributed by atoms with van der Waals surface area (Å²) in [5.41, 5.74) is 4.84. The molecule has 6 heteroatoms. The lowest BCUT2D eigenvalue weighted by Gasteiger charge is -2.38. The van der Waals surface area contributed by atoms with E-state index >= 15 is 0 Å². The summed E-state index contributed by atoms with van der Waals surface area (Å²) < 4.78 is 11.1. The van der Waals surface area contributed by atoms with E-state index in [1.54, 1.807) is 14.2 Å². The van der Waals surface area contributed by atoms with Gasteiger partial charge in [-0.1, -0.05) is 0 Å². The molecule has 1 aliphatic heterocycles. The van der Waals surface area contributed by atoms with Crippen LogP contribution in [-0.4, -0.2) is 40.6 Å². The molecule has 1 aliphatic rings. The molecule has 4 rings (SSSR count). The van der Waals surface area contributed by atoms with Crippen LogP contribution in [0, 0.1) is 6.92 Å². The maximum absolute atomic E-state index is 5.58. The second kappa shape index (κ2) is 7.94. The van der Waals surface area contributed by atoms with Crippen LogP contribution in [0.1, 0.15) is 34.1 Å². The molecule has 0 fully saturated rings. The number of pyridine rings is 1. The van der Waals surface area contributed by atoms with E-state index in [4.69, 9.17) is 9.47 Å². The summed E-state index contributed by atoms with van der Waals surface area (Å²) in [4.78, 5) is 15.4. The van der Waals surface area contributed by atoms with Crippen LogP contribution >= 0.6 is 0 Å². The van der Waals surface area contributed by atoms with E-state index in [0.29, 0.717) is 0 Å². The van der Waals surface area contributed by atoms with Gasteiger partial charge in [-0.25, -0.2) is 9.97 Å². The third kappa shape index (κ3) is 3.55. The first-order valence-electron chi connectivity index (χ1n) is 9.36. The highest BCUT2D eigenvalue weighted by atomic mass is 16.5. The highest BCUT2D eigenvalue weighted by Crippen LogP contribution is 2.41. The highest BCUT2D eigenvalue weighted by molar-refractivity contribution is 5.51. The smallest absolute Gasteiger partial charge is 0.161 e. The number of benzene rings is 1. The van der Waals surface area contributed by atoms with Gasteiger partial charge in [0.25, 0.3) is 0 Å². The molecule has 0 N–H and O–H groups in total. The number of aryl methyl sites for hydroxylation is 1. The Kier molecular flexibility index (Phi) is 5.21. The topological polar surface area (TPSA) is 60.4 Å². The van der Waals surface area contributed by atoms with Crippen molar-refractivity contribution in [2.24, 2.45) is 0 Å². The second-order valence-electron chi connectivity index (χ2n) is 6.95. The average Bonchev–Trinajstić information content (AvgIpc) is 2.74. The minimum absolute atomic E-state index is 0.104. The summed E-state index contributed by atoms with van der Waals surface area (Å²) >= 11 is 0. The van der Waals surface area contributed by atoms with Crippen molar-refractivity contribution in [3.05, 3.63) is 77.1 Å². The van der Waals surface area contributed by atoms with Gasteiger partial charge in [0.05, 0.1) is 20.3 Å². The van der Waals surface area contributed by atoms with Crippen molar-refractivity contribution >= 4 is 0 Å². The first-order chi connectivity index (χ1) is 13.7. The zero-order chi connectivity index (χ0) is 19.5. The fourth-order valence-electron chi connectivity index (χ4n) is 3.84. The van der Waals surface area contributed by atoms with Gasteiger partial charge in [0, 0.05) is 43.4 Å². The molecular formula is C22H24N4O2. The minimum atomic E-state index is 0.104. The molecule has 0 aliphatic carbocycles. The molecule has 1 unspecified atom stereocenters. The maximum Gasteiger partial charge on any atom is 0.161 e. The normalized spacial score (nSPS) is 16.5. The first-order valence-corrected chi connectivity index (χ1v) is 9.36. The Balaban J connectivity index is 1.77. The quantitative estimate of drug-likeness (QED) is 0.681. The first kappa shape index (κ1) is 18.4. The van der Waals surface area contributed by atoms with Gasteiger partial charge in [0.2, 0.25) is 0 Å². The van der Waals surface area contributed by atoms with Crippen molar-refractivity contribution in [2.75, 3.05) is 20.8 Å². The Bertz CT molecular complexity index is 945. The van der Waals surface area contributed by atoms with Crippen LogP contribution in [0.2, 0.25) is 0 Å². The molecule has 0 amide bonds. The van der Waals surface area contributed by atoms with Crippen molar-refractivity contribution in [2.45, 2.75) is 25.9 Å². The lowest BCUT2D eigenvalue weighted by molar-refractivity contribution is 0.203. The molecular weight excluding hydrogens is 352 g/mol. The van der Waals surface area contributed by atoms with Crippen molar-refractivity contribution in [1.29, 1.82) is 0 Å². The third-order valence-corrected chi connectivity index (χ3v) is 5.22. The minimum Gasteiger partial charge on any atom is -0.493 e. The van der Waals surface area contributed by atoms with Gasteiger partial charge in [0.15, 0.2) is 11.5 Å². The Morgan fingerprint density at radius 3 is 2.39 bits per heavy atom. The average molecular weight is 376 g/mol. The SMILES string of the molecule is COc1cc2c(cc1OC)C(c1ccncc1)N(Cc1cnc(C)nc1)CC2. The Morgan fingerprint density at radius 2 is 1.71 bits per heavy atom. The van der Waals surface area contributed by atoms with Gasteiger partial charge >= 0.3 is 0 Å². The van der Waals surface area contributed by atoms with E-state index in [2.05, 4.69) is 44.1 Å². The molecule has 2 aromatic heterocycles. The van der Waals surface area contributed by atoms with Gasteiger partial charge in [-0.2, -0.15) is 0 Å². The van der Waals surface area contributed by atoms with Crippen molar-refractivity contribution < 1.29 is 9.47 Å². The molecule has 1 aromatic carbocycles. The Morgan fingerprint density at radius 1 is 1.04 bits per heavy atom. The molecule has 0 spiro atoms. The molecule has 1 atom stereocenters. The van der Waals surface area contributed by atoms with E-state index in [0.717, 1.165) is 42.4 Å². The van der Waals surface area contributed by atoms with E-state index < -0.39 is 0 Å². The van der Waals surface area contributed by atoms with Crippen LogP contribution in [0.3, 0.4) is 0 Å². The zero-order valence-electron chi connectivity index (χ0n) is 16.4. The molecule has 3 heterocycles. The molecule has 6 nitrogen and oxygen atoms in total. The van der Waals surface area contributed by atoms with Gasteiger partial charge in [0.1, 0.15) is 5.82 Å². The van der Waals surface area contributed by atoms with Crippen LogP contribution in [0.5, 0.6) is 11.5 Å². The Labute approximate surface area is 165 Å². The van der Waals surface area contributed by atoms with Crippen LogP contribution in [0.15, 0.2) is 49.1 Å². The van der Waals surface area contributed by atoms with Gasteiger partial charge in [-0.15, -0.1) is 0 Å². The molecule has 0 bridgehead atoms. The van der Waals surface area contributed by atoms with Gasteiger partial charge in [-0.05, 0) is 54.3 Å². The predicted octanol–water partition coefficient (Wildman–Crippen LogP) is 3.34. The number of fused-ring (bicyclic) bond motifs is 1. The summed E-state index contributed by atoms with van der Waals surface area (Å²) in [7, 11) is 3.35. The molecule has 3 aromatic rings. The zero-order valence-corrected chi connectivity index (χ0v) is 16.4. The fourth-order valence-corrected chi connectivity index (χ4v) is 3.84. The van der Waals surface area contributed by atoms with Crippen LogP contribution in [0.4, 0.5) is 0 Å². The van der Waals surface area contributed by atoms with Crippen LogP contribution < -0.4 is 9.47 Å². The van der Waals surface area contributed by atoms with Gasteiger partial charge in [-0.3, -0.25) is 9.88 Å². The van der Waals surface area contributed by atoms with Gasteiger partial charge < -0.3 is 9.47 Å². The number of hydrogen-bond donors (Lipinski definition) is 0. The molecule has 0 radical (unpaired) electrons. The summed E-state index contributed by atoms with van der Waals surface area (Å²) in [6.45, 7) is 3.62. The summed E-state index contributed by atoms with van der Waals surface area (Å²) in [5.74, 6) is 2.31. The van der Waals surface area contributed by atoms with Crippen LogP contribution in [0.25, 0.3) is 0 Å². The largest absolute Gasteiger partial charge is 0.493 e. The van der Waals surface area contributed by atoms with Crippen molar-refractivity contribution in [1.82, 2.24) is 19.9 Å². The van der Waals surface area contributed by atoms with E-state index in [9.17, 15) is 0 Å². The van der Waals surface area contributed by atoms with E-state index in [1.165, 1.54) is 16.7 Å². The molecule has 144 valence electrons. The summed E-state index contributed by atoms with van der Waals surface area (Å²) in [6.07, 6.45) is 8.46. The molecule has 0 saturated carbocycles. The maximum atomic E-state index is 5.58.